The molecule has 0 aromatic carbocycles. The van der Waals surface area contributed by atoms with E-state index >= 15 is 0 Å². The number of likely N-dealkylation sites (tertiary alicyclic amines) is 1. The summed E-state index contributed by atoms with van der Waals surface area (Å²) < 4.78 is 8.17. The molecule has 0 saturated carbocycles. The molecule has 22 heavy (non-hydrogen) atoms. The van der Waals surface area contributed by atoms with Gasteiger partial charge in [0.25, 0.3) is 5.91 Å². The van der Waals surface area contributed by atoms with E-state index in [1.807, 2.05) is 18.1 Å². The van der Waals surface area contributed by atoms with Crippen LogP contribution >= 0.6 is 0 Å². The van der Waals surface area contributed by atoms with Gasteiger partial charge in [-0.2, -0.15) is 0 Å². The van der Waals surface area contributed by atoms with Crippen molar-refractivity contribution < 1.29 is 9.53 Å². The lowest BCUT2D eigenvalue weighted by atomic mass is 9.73. The van der Waals surface area contributed by atoms with Gasteiger partial charge in [0.2, 0.25) is 0 Å². The Morgan fingerprint density at radius 3 is 3.05 bits per heavy atom. The summed E-state index contributed by atoms with van der Waals surface area (Å²) in [5, 5.41) is 0. The third-order valence-corrected chi connectivity index (χ3v) is 5.66. The van der Waals surface area contributed by atoms with Crippen LogP contribution in [0, 0.1) is 11.8 Å². The first-order chi connectivity index (χ1) is 10.5. The summed E-state index contributed by atoms with van der Waals surface area (Å²) >= 11 is 0. The van der Waals surface area contributed by atoms with E-state index in [9.17, 15) is 4.79 Å². The van der Waals surface area contributed by atoms with Crippen molar-refractivity contribution in [2.75, 3.05) is 33.7 Å². The zero-order valence-electron chi connectivity index (χ0n) is 13.5. The van der Waals surface area contributed by atoms with Crippen molar-refractivity contribution in [3.05, 3.63) is 18.2 Å². The van der Waals surface area contributed by atoms with E-state index in [0.717, 1.165) is 32.5 Å². The first-order valence-corrected chi connectivity index (χ1v) is 8.09. The fourth-order valence-electron chi connectivity index (χ4n) is 4.72. The molecule has 1 spiro atoms. The maximum absolute atomic E-state index is 12.7. The minimum Gasteiger partial charge on any atom is -0.369 e. The molecule has 1 aromatic heterocycles. The zero-order chi connectivity index (χ0) is 15.5. The monoisotopic (exact) mass is 304 g/mol. The molecule has 4 heterocycles. The summed E-state index contributed by atoms with van der Waals surface area (Å²) in [5.41, 5.74) is -0.0911. The lowest BCUT2D eigenvalue weighted by molar-refractivity contribution is 0.00239. The smallest absolute Gasteiger partial charge is 0.289 e. The van der Waals surface area contributed by atoms with Gasteiger partial charge in [0.05, 0.1) is 18.2 Å². The second-order valence-electron chi connectivity index (χ2n) is 7.34. The Labute approximate surface area is 131 Å². The molecule has 3 saturated heterocycles. The molecule has 0 N–H and O–H groups in total. The van der Waals surface area contributed by atoms with Gasteiger partial charge in [-0.15, -0.1) is 0 Å². The van der Waals surface area contributed by atoms with Crippen molar-refractivity contribution in [2.45, 2.75) is 24.5 Å². The third kappa shape index (κ3) is 1.93. The number of ether oxygens (including phenoxy) is 1. The molecule has 120 valence electrons. The van der Waals surface area contributed by atoms with E-state index in [-0.39, 0.29) is 11.5 Å². The van der Waals surface area contributed by atoms with Crippen LogP contribution in [0.1, 0.15) is 23.5 Å². The van der Waals surface area contributed by atoms with E-state index < -0.39 is 0 Å². The average molecular weight is 304 g/mol. The summed E-state index contributed by atoms with van der Waals surface area (Å²) in [4.78, 5) is 21.1. The minimum absolute atomic E-state index is 0.0342. The number of carbonyl (C=O) groups is 1. The molecule has 0 unspecified atom stereocenters. The molecule has 4 atom stereocenters. The molecule has 6 heteroatoms. The SMILES string of the molecule is CN(C)C[C@H]1[C@@H]2CC[C@@]3(CN(C(=O)c4nccn4C)C[C@@H]13)O2. The minimum atomic E-state index is -0.0911. The number of fused-ring (bicyclic) bond motifs is 1. The first kappa shape index (κ1) is 14.2. The molecule has 4 rings (SSSR count). The fourth-order valence-corrected chi connectivity index (χ4v) is 4.72. The van der Waals surface area contributed by atoms with Crippen molar-refractivity contribution in [3.63, 3.8) is 0 Å². The third-order valence-electron chi connectivity index (χ3n) is 5.66. The van der Waals surface area contributed by atoms with Crippen LogP contribution in [0.5, 0.6) is 0 Å². The van der Waals surface area contributed by atoms with Crippen molar-refractivity contribution >= 4 is 5.91 Å². The van der Waals surface area contributed by atoms with Gasteiger partial charge < -0.3 is 19.1 Å². The van der Waals surface area contributed by atoms with Gasteiger partial charge in [-0.05, 0) is 26.9 Å². The number of rotatable bonds is 3. The lowest BCUT2D eigenvalue weighted by Gasteiger charge is -2.30. The Balaban J connectivity index is 1.56. The highest BCUT2D eigenvalue weighted by atomic mass is 16.5. The summed E-state index contributed by atoms with van der Waals surface area (Å²) in [7, 11) is 6.10. The Morgan fingerprint density at radius 1 is 1.55 bits per heavy atom. The van der Waals surface area contributed by atoms with Crippen molar-refractivity contribution in [1.82, 2.24) is 19.4 Å². The number of aryl methyl sites for hydroxylation is 1. The van der Waals surface area contributed by atoms with E-state index in [4.69, 9.17) is 4.74 Å². The Kier molecular flexibility index (Phi) is 3.10. The lowest BCUT2D eigenvalue weighted by Crippen LogP contribution is -2.40. The van der Waals surface area contributed by atoms with Gasteiger partial charge in [-0.1, -0.05) is 0 Å². The van der Waals surface area contributed by atoms with Crippen LogP contribution in [0.4, 0.5) is 0 Å². The zero-order valence-corrected chi connectivity index (χ0v) is 13.5. The molecule has 0 radical (unpaired) electrons. The Hall–Kier alpha value is -1.40. The summed E-state index contributed by atoms with van der Waals surface area (Å²) in [6.45, 7) is 2.58. The second kappa shape index (κ2) is 4.80. The van der Waals surface area contributed by atoms with E-state index in [1.165, 1.54) is 0 Å². The van der Waals surface area contributed by atoms with Gasteiger partial charge in [0, 0.05) is 44.4 Å². The van der Waals surface area contributed by atoms with Crippen molar-refractivity contribution in [3.8, 4) is 0 Å². The number of hydrogen-bond donors (Lipinski definition) is 0. The van der Waals surface area contributed by atoms with Crippen LogP contribution in [0.3, 0.4) is 0 Å². The maximum atomic E-state index is 12.7. The molecule has 2 bridgehead atoms. The predicted molar refractivity (Wildman–Crippen MR) is 81.5 cm³/mol. The number of nitrogens with zero attached hydrogens (tertiary/aromatic N) is 4. The highest BCUT2D eigenvalue weighted by Gasteiger charge is 2.63. The summed E-state index contributed by atoms with van der Waals surface area (Å²) in [6, 6.07) is 0. The van der Waals surface area contributed by atoms with E-state index in [0.29, 0.717) is 23.8 Å². The summed E-state index contributed by atoms with van der Waals surface area (Å²) in [6.07, 6.45) is 6.12. The van der Waals surface area contributed by atoms with E-state index in [2.05, 4.69) is 24.0 Å². The molecule has 3 aliphatic heterocycles. The Morgan fingerprint density at radius 2 is 2.36 bits per heavy atom. The maximum Gasteiger partial charge on any atom is 0.289 e. The number of hydrogen-bond acceptors (Lipinski definition) is 4. The van der Waals surface area contributed by atoms with Gasteiger partial charge in [-0.25, -0.2) is 4.98 Å². The fraction of sp³-hybridized carbons (Fsp3) is 0.750. The highest BCUT2D eigenvalue weighted by molar-refractivity contribution is 5.91. The topological polar surface area (TPSA) is 50.6 Å². The van der Waals surface area contributed by atoms with Crippen molar-refractivity contribution in [1.29, 1.82) is 0 Å². The predicted octanol–water partition coefficient (Wildman–Crippen LogP) is 0.601. The Bertz CT molecular complexity index is 599. The molecule has 0 aliphatic carbocycles. The van der Waals surface area contributed by atoms with Gasteiger partial charge >= 0.3 is 0 Å². The van der Waals surface area contributed by atoms with Crippen LogP contribution in [0.25, 0.3) is 0 Å². The van der Waals surface area contributed by atoms with Gasteiger partial charge in [-0.3, -0.25) is 4.79 Å². The summed E-state index contributed by atoms with van der Waals surface area (Å²) in [5.74, 6) is 1.57. The highest BCUT2D eigenvalue weighted by Crippen LogP contribution is 2.55. The molecule has 1 aromatic rings. The van der Waals surface area contributed by atoms with Gasteiger partial charge in [0.1, 0.15) is 0 Å². The van der Waals surface area contributed by atoms with Crippen LogP contribution in [0.2, 0.25) is 0 Å². The van der Waals surface area contributed by atoms with Crippen molar-refractivity contribution in [2.24, 2.45) is 18.9 Å². The molecule has 6 nitrogen and oxygen atoms in total. The van der Waals surface area contributed by atoms with Crippen LogP contribution in [-0.4, -0.2) is 70.7 Å². The second-order valence-corrected chi connectivity index (χ2v) is 7.34. The largest absolute Gasteiger partial charge is 0.369 e. The molecular weight excluding hydrogens is 280 g/mol. The average Bonchev–Trinajstić information content (AvgIpc) is 3.18. The van der Waals surface area contributed by atoms with Gasteiger partial charge in [0.15, 0.2) is 5.82 Å². The molecular formula is C16H24N4O2. The number of aromatic nitrogens is 2. The number of carbonyl (C=O) groups excluding carboxylic acids is 1. The van der Waals surface area contributed by atoms with Crippen LogP contribution < -0.4 is 0 Å². The van der Waals surface area contributed by atoms with E-state index in [1.54, 1.807) is 10.8 Å². The van der Waals surface area contributed by atoms with Crippen LogP contribution in [-0.2, 0) is 11.8 Å². The normalized spacial score (nSPS) is 36.4. The first-order valence-electron chi connectivity index (χ1n) is 8.09. The number of imidazole rings is 1. The number of amides is 1. The van der Waals surface area contributed by atoms with Crippen LogP contribution in [0.15, 0.2) is 12.4 Å². The molecule has 3 fully saturated rings. The standard InChI is InChI=1S/C16H24N4O2/c1-18(2)8-11-12-9-20(10-16(12)5-4-13(11)22-16)15(21)14-17-6-7-19(14)3/h6-7,11-13H,4-5,8-10H2,1-3H3/t11-,12+,13+,16+/m1/s1. The molecule has 3 aliphatic rings. The molecule has 1 amide bonds. The quantitative estimate of drug-likeness (QED) is 0.821.